The van der Waals surface area contributed by atoms with Crippen LogP contribution in [0.2, 0.25) is 0 Å². The first-order valence-electron chi connectivity index (χ1n) is 6.06. The molecule has 1 saturated heterocycles. The second-order valence-corrected chi connectivity index (χ2v) is 5.11. The minimum Gasteiger partial charge on any atom is -0.374 e. The minimum atomic E-state index is 0.0129. The molecular weight excluding hydrogens is 238 g/mol. The summed E-state index contributed by atoms with van der Waals surface area (Å²) in [5.41, 5.74) is 0.473. The van der Waals surface area contributed by atoms with Crippen molar-refractivity contribution in [3.05, 3.63) is 11.9 Å². The molecule has 1 aliphatic carbocycles. The highest BCUT2D eigenvalue weighted by molar-refractivity contribution is 6.99. The predicted molar refractivity (Wildman–Crippen MR) is 62.9 cm³/mol. The summed E-state index contributed by atoms with van der Waals surface area (Å²) in [6, 6.07) is 0.242. The molecule has 0 radical (unpaired) electrons. The average Bonchev–Trinajstić information content (AvgIpc) is 2.91. The van der Waals surface area contributed by atoms with Crippen LogP contribution in [-0.4, -0.2) is 44.9 Å². The van der Waals surface area contributed by atoms with Crippen LogP contribution in [0.15, 0.2) is 6.20 Å². The van der Waals surface area contributed by atoms with Crippen molar-refractivity contribution >= 4 is 17.6 Å². The van der Waals surface area contributed by atoms with Gasteiger partial charge in [0.1, 0.15) is 0 Å². The molecule has 1 aromatic heterocycles. The highest BCUT2D eigenvalue weighted by Crippen LogP contribution is 2.29. The molecule has 1 aliphatic heterocycles. The number of nitrogens with zero attached hydrogens (tertiary/aromatic N) is 3. The maximum Gasteiger partial charge on any atom is 0.275 e. The molecule has 0 bridgehead atoms. The molecule has 17 heavy (non-hydrogen) atoms. The fourth-order valence-electron chi connectivity index (χ4n) is 2.75. The zero-order valence-corrected chi connectivity index (χ0v) is 10.4. The molecule has 2 aliphatic rings. The van der Waals surface area contributed by atoms with E-state index in [0.717, 1.165) is 24.6 Å². The van der Waals surface area contributed by atoms with E-state index in [1.165, 1.54) is 12.8 Å². The molecule has 6 heteroatoms. The number of rotatable bonds is 1. The fourth-order valence-corrected chi connectivity index (χ4v) is 3.16. The third kappa shape index (κ3) is 2.07. The zero-order chi connectivity index (χ0) is 11.7. The summed E-state index contributed by atoms with van der Waals surface area (Å²) in [5.74, 6) is 0.0129. The van der Waals surface area contributed by atoms with E-state index in [9.17, 15) is 4.79 Å². The van der Waals surface area contributed by atoms with Crippen molar-refractivity contribution in [2.75, 3.05) is 13.2 Å². The molecule has 0 spiro atoms. The number of morpholine rings is 1. The van der Waals surface area contributed by atoms with Crippen molar-refractivity contribution in [1.82, 2.24) is 13.6 Å². The molecule has 0 aromatic carbocycles. The SMILES string of the molecule is O=C(c1cnsn1)N1CCO[C@@H]2CCCC[C@@H]21. The van der Waals surface area contributed by atoms with Crippen molar-refractivity contribution in [3.63, 3.8) is 0 Å². The maximum absolute atomic E-state index is 12.3. The van der Waals surface area contributed by atoms with Crippen molar-refractivity contribution in [1.29, 1.82) is 0 Å². The molecule has 92 valence electrons. The molecule has 1 aromatic rings. The highest BCUT2D eigenvalue weighted by atomic mass is 32.1. The molecule has 5 nitrogen and oxygen atoms in total. The van der Waals surface area contributed by atoms with Gasteiger partial charge >= 0.3 is 0 Å². The van der Waals surface area contributed by atoms with Gasteiger partial charge in [0.05, 0.1) is 36.7 Å². The van der Waals surface area contributed by atoms with Crippen LogP contribution in [0.25, 0.3) is 0 Å². The van der Waals surface area contributed by atoms with Crippen LogP contribution in [0.1, 0.15) is 36.2 Å². The number of carbonyl (C=O) groups is 1. The summed E-state index contributed by atoms with van der Waals surface area (Å²) in [5, 5.41) is 0. The fraction of sp³-hybridized carbons (Fsp3) is 0.727. The Morgan fingerprint density at radius 2 is 2.35 bits per heavy atom. The molecule has 3 rings (SSSR count). The van der Waals surface area contributed by atoms with E-state index in [1.54, 1.807) is 6.20 Å². The van der Waals surface area contributed by atoms with Crippen LogP contribution in [0.3, 0.4) is 0 Å². The molecular formula is C11H15N3O2S. The number of hydrogen-bond acceptors (Lipinski definition) is 5. The first-order valence-corrected chi connectivity index (χ1v) is 6.79. The number of fused-ring (bicyclic) bond motifs is 1. The first-order chi connectivity index (χ1) is 8.36. The third-order valence-electron chi connectivity index (χ3n) is 3.57. The smallest absolute Gasteiger partial charge is 0.275 e. The van der Waals surface area contributed by atoms with Crippen molar-refractivity contribution in [2.45, 2.75) is 37.8 Å². The summed E-state index contributed by atoms with van der Waals surface area (Å²) in [6.07, 6.45) is 6.30. The van der Waals surface area contributed by atoms with E-state index < -0.39 is 0 Å². The van der Waals surface area contributed by atoms with Gasteiger partial charge in [0.2, 0.25) is 0 Å². The lowest BCUT2D eigenvalue weighted by molar-refractivity contribution is -0.0754. The number of carbonyl (C=O) groups excluding carboxylic acids is 1. The van der Waals surface area contributed by atoms with Gasteiger partial charge < -0.3 is 9.64 Å². The average molecular weight is 253 g/mol. The first kappa shape index (κ1) is 11.1. The number of aromatic nitrogens is 2. The van der Waals surface area contributed by atoms with Gasteiger partial charge in [-0.3, -0.25) is 4.79 Å². The minimum absolute atomic E-state index is 0.0129. The Balaban J connectivity index is 1.79. The summed E-state index contributed by atoms with van der Waals surface area (Å²) in [4.78, 5) is 14.2. The summed E-state index contributed by atoms with van der Waals surface area (Å²) >= 11 is 1.08. The summed E-state index contributed by atoms with van der Waals surface area (Å²) in [6.45, 7) is 1.32. The Hall–Kier alpha value is -1.01. The second kappa shape index (κ2) is 4.70. The van der Waals surface area contributed by atoms with Gasteiger partial charge in [-0.1, -0.05) is 12.8 Å². The van der Waals surface area contributed by atoms with Crippen LogP contribution in [0, 0.1) is 0 Å². The second-order valence-electron chi connectivity index (χ2n) is 4.55. The number of hydrogen-bond donors (Lipinski definition) is 0. The quantitative estimate of drug-likeness (QED) is 0.757. The van der Waals surface area contributed by atoms with Crippen LogP contribution < -0.4 is 0 Å². The van der Waals surface area contributed by atoms with Gasteiger partial charge in [-0.25, -0.2) is 0 Å². The lowest BCUT2D eigenvalue weighted by Gasteiger charge is -2.43. The van der Waals surface area contributed by atoms with Gasteiger partial charge in [-0.15, -0.1) is 0 Å². The van der Waals surface area contributed by atoms with Gasteiger partial charge in [-0.05, 0) is 12.8 Å². The zero-order valence-electron chi connectivity index (χ0n) is 9.54. The number of ether oxygens (including phenoxy) is 1. The normalized spacial score (nSPS) is 28.8. The van der Waals surface area contributed by atoms with E-state index in [4.69, 9.17) is 4.74 Å². The highest BCUT2D eigenvalue weighted by Gasteiger charge is 2.37. The molecule has 2 atom stereocenters. The monoisotopic (exact) mass is 253 g/mol. The van der Waals surface area contributed by atoms with Gasteiger partial charge in [0, 0.05) is 6.54 Å². The predicted octanol–water partition coefficient (Wildman–Crippen LogP) is 1.32. The largest absolute Gasteiger partial charge is 0.374 e. The Morgan fingerprint density at radius 1 is 1.47 bits per heavy atom. The standard InChI is InChI=1S/C11H15N3O2S/c15-11(8-7-12-17-13-8)14-5-6-16-10-4-2-1-3-9(10)14/h7,9-10H,1-6H2/t9-,10+/m0/s1. The van der Waals surface area contributed by atoms with Crippen LogP contribution >= 0.6 is 11.7 Å². The van der Waals surface area contributed by atoms with Gasteiger partial charge in [0.25, 0.3) is 5.91 Å². The molecule has 1 saturated carbocycles. The van der Waals surface area contributed by atoms with E-state index in [2.05, 4.69) is 8.75 Å². The Labute approximate surface area is 104 Å². The van der Waals surface area contributed by atoms with Gasteiger partial charge in [-0.2, -0.15) is 8.75 Å². The van der Waals surface area contributed by atoms with Crippen molar-refractivity contribution < 1.29 is 9.53 Å². The molecule has 1 amide bonds. The van der Waals surface area contributed by atoms with Crippen molar-refractivity contribution in [2.24, 2.45) is 0 Å². The van der Waals surface area contributed by atoms with E-state index >= 15 is 0 Å². The van der Waals surface area contributed by atoms with Crippen LogP contribution in [-0.2, 0) is 4.74 Å². The van der Waals surface area contributed by atoms with E-state index in [-0.39, 0.29) is 18.1 Å². The Kier molecular flexibility index (Phi) is 3.07. The molecule has 0 N–H and O–H groups in total. The summed E-state index contributed by atoms with van der Waals surface area (Å²) in [7, 11) is 0. The Bertz CT molecular complexity index is 393. The lowest BCUT2D eigenvalue weighted by Crippen LogP contribution is -2.54. The van der Waals surface area contributed by atoms with Gasteiger partial charge in [0.15, 0.2) is 5.69 Å². The van der Waals surface area contributed by atoms with Crippen LogP contribution in [0.5, 0.6) is 0 Å². The molecule has 2 fully saturated rings. The van der Waals surface area contributed by atoms with E-state index in [0.29, 0.717) is 18.8 Å². The summed E-state index contributed by atoms with van der Waals surface area (Å²) < 4.78 is 13.7. The van der Waals surface area contributed by atoms with Crippen molar-refractivity contribution in [3.8, 4) is 0 Å². The molecule has 2 heterocycles. The lowest BCUT2D eigenvalue weighted by atomic mass is 9.90. The number of amides is 1. The topological polar surface area (TPSA) is 55.3 Å². The van der Waals surface area contributed by atoms with E-state index in [1.807, 2.05) is 4.90 Å². The third-order valence-corrected chi connectivity index (χ3v) is 4.05. The Morgan fingerprint density at radius 3 is 3.18 bits per heavy atom. The van der Waals surface area contributed by atoms with Crippen LogP contribution in [0.4, 0.5) is 0 Å². The maximum atomic E-state index is 12.3. The molecule has 0 unspecified atom stereocenters.